The summed E-state index contributed by atoms with van der Waals surface area (Å²) in [6.45, 7) is 0.524. The number of hydrogen-bond acceptors (Lipinski definition) is 1. The highest BCUT2D eigenvalue weighted by molar-refractivity contribution is 6.36. The van der Waals surface area contributed by atoms with Crippen LogP contribution in [-0.4, -0.2) is 4.98 Å². The van der Waals surface area contributed by atoms with Gasteiger partial charge in [0.15, 0.2) is 0 Å². The molecule has 0 aliphatic heterocycles. The molecule has 0 atom stereocenters. The van der Waals surface area contributed by atoms with E-state index in [9.17, 15) is 0 Å². The van der Waals surface area contributed by atoms with E-state index in [4.69, 9.17) is 16.3 Å². The lowest BCUT2D eigenvalue weighted by molar-refractivity contribution is 0.307. The van der Waals surface area contributed by atoms with Crippen LogP contribution in [0.1, 0.15) is 5.56 Å². The molecule has 18 heavy (non-hydrogen) atoms. The Kier molecular flexibility index (Phi) is 2.95. The molecule has 2 nitrogen and oxygen atoms in total. The van der Waals surface area contributed by atoms with Gasteiger partial charge in [0, 0.05) is 17.1 Å². The summed E-state index contributed by atoms with van der Waals surface area (Å²) in [5.41, 5.74) is 2.15. The summed E-state index contributed by atoms with van der Waals surface area (Å²) in [7, 11) is 0. The molecule has 0 unspecified atom stereocenters. The van der Waals surface area contributed by atoms with E-state index in [1.165, 1.54) is 0 Å². The van der Waals surface area contributed by atoms with Crippen molar-refractivity contribution in [3.63, 3.8) is 0 Å². The molecule has 3 aromatic rings. The molecule has 1 aromatic heterocycles. The molecule has 2 aromatic carbocycles. The molecule has 0 aliphatic rings. The third kappa shape index (κ3) is 2.07. The maximum Gasteiger partial charge on any atom is 0.139 e. The number of rotatable bonds is 3. The fourth-order valence-corrected chi connectivity index (χ4v) is 2.21. The first kappa shape index (κ1) is 11.2. The molecule has 0 bridgehead atoms. The Morgan fingerprint density at radius 2 is 1.83 bits per heavy atom. The van der Waals surface area contributed by atoms with Gasteiger partial charge in [0.25, 0.3) is 0 Å². The molecular weight excluding hydrogens is 246 g/mol. The Bertz CT molecular complexity index is 661. The molecule has 3 rings (SSSR count). The van der Waals surface area contributed by atoms with Crippen molar-refractivity contribution in [2.24, 2.45) is 0 Å². The average molecular weight is 258 g/mol. The van der Waals surface area contributed by atoms with Crippen molar-refractivity contribution in [2.75, 3.05) is 0 Å². The van der Waals surface area contributed by atoms with E-state index in [0.29, 0.717) is 17.4 Å². The maximum atomic E-state index is 6.30. The van der Waals surface area contributed by atoms with Crippen LogP contribution in [0.15, 0.2) is 54.7 Å². The van der Waals surface area contributed by atoms with E-state index < -0.39 is 0 Å². The minimum atomic E-state index is 0.524. The smallest absolute Gasteiger partial charge is 0.139 e. The summed E-state index contributed by atoms with van der Waals surface area (Å²) in [6.07, 6.45) is 1.87. The fourth-order valence-electron chi connectivity index (χ4n) is 1.92. The van der Waals surface area contributed by atoms with Crippen LogP contribution in [-0.2, 0) is 6.61 Å². The molecule has 3 heteroatoms. The molecule has 0 saturated heterocycles. The second kappa shape index (κ2) is 4.75. The van der Waals surface area contributed by atoms with Crippen LogP contribution in [0, 0.1) is 0 Å². The normalized spacial score (nSPS) is 10.7. The Hall–Kier alpha value is -1.93. The molecule has 0 saturated carbocycles. The van der Waals surface area contributed by atoms with E-state index in [-0.39, 0.29) is 0 Å². The highest BCUT2D eigenvalue weighted by atomic mass is 35.5. The molecule has 0 radical (unpaired) electrons. The second-order valence-electron chi connectivity index (χ2n) is 4.09. The van der Waals surface area contributed by atoms with Gasteiger partial charge in [0.2, 0.25) is 0 Å². The largest absolute Gasteiger partial charge is 0.487 e. The first-order chi connectivity index (χ1) is 8.84. The minimum Gasteiger partial charge on any atom is -0.487 e. The van der Waals surface area contributed by atoms with E-state index in [2.05, 4.69) is 4.98 Å². The van der Waals surface area contributed by atoms with E-state index in [1.54, 1.807) is 0 Å². The summed E-state index contributed by atoms with van der Waals surface area (Å²) in [5, 5.41) is 1.65. The van der Waals surface area contributed by atoms with Gasteiger partial charge >= 0.3 is 0 Å². The van der Waals surface area contributed by atoms with Crippen molar-refractivity contribution in [1.29, 1.82) is 0 Å². The van der Waals surface area contributed by atoms with Gasteiger partial charge in [-0.15, -0.1) is 0 Å². The molecule has 90 valence electrons. The fraction of sp³-hybridized carbons (Fsp3) is 0.0667. The van der Waals surface area contributed by atoms with Gasteiger partial charge in [-0.2, -0.15) is 0 Å². The molecule has 1 N–H and O–H groups in total. The van der Waals surface area contributed by atoms with Gasteiger partial charge in [0.05, 0.1) is 5.02 Å². The Morgan fingerprint density at radius 1 is 1.00 bits per heavy atom. The summed E-state index contributed by atoms with van der Waals surface area (Å²) in [4.78, 5) is 3.12. The second-order valence-corrected chi connectivity index (χ2v) is 4.47. The van der Waals surface area contributed by atoms with Gasteiger partial charge in [-0.05, 0) is 23.8 Å². The standard InChI is InChI=1S/C15H12ClNO/c16-15-12-8-9-17-13(12)6-7-14(15)18-10-11-4-2-1-3-5-11/h1-9,17H,10H2. The number of fused-ring (bicyclic) bond motifs is 1. The number of ether oxygens (including phenoxy) is 1. The van der Waals surface area contributed by atoms with E-state index in [0.717, 1.165) is 16.5 Å². The number of aromatic nitrogens is 1. The lowest BCUT2D eigenvalue weighted by atomic mass is 10.2. The van der Waals surface area contributed by atoms with Gasteiger partial charge < -0.3 is 9.72 Å². The zero-order valence-electron chi connectivity index (χ0n) is 9.69. The molecule has 1 heterocycles. The monoisotopic (exact) mass is 257 g/mol. The van der Waals surface area contributed by atoms with Crippen molar-refractivity contribution in [3.8, 4) is 5.75 Å². The highest BCUT2D eigenvalue weighted by Gasteiger charge is 2.07. The number of H-pyrrole nitrogens is 1. The third-order valence-corrected chi connectivity index (χ3v) is 3.26. The predicted octanol–water partition coefficient (Wildman–Crippen LogP) is 4.40. The quantitative estimate of drug-likeness (QED) is 0.739. The Balaban J connectivity index is 1.84. The molecular formula is C15H12ClNO. The molecule has 0 amide bonds. The van der Waals surface area contributed by atoms with Crippen LogP contribution in [0.3, 0.4) is 0 Å². The lowest BCUT2D eigenvalue weighted by Gasteiger charge is -2.08. The van der Waals surface area contributed by atoms with Crippen LogP contribution >= 0.6 is 11.6 Å². The SMILES string of the molecule is Clc1c(OCc2ccccc2)ccc2[nH]ccc12. The van der Waals surface area contributed by atoms with Gasteiger partial charge in [-0.1, -0.05) is 41.9 Å². The predicted molar refractivity (Wildman–Crippen MR) is 74.1 cm³/mol. The minimum absolute atomic E-state index is 0.524. The highest BCUT2D eigenvalue weighted by Crippen LogP contribution is 2.32. The Morgan fingerprint density at radius 3 is 2.67 bits per heavy atom. The topological polar surface area (TPSA) is 25.0 Å². The Labute approximate surface area is 110 Å². The van der Waals surface area contributed by atoms with Gasteiger partial charge in [-0.3, -0.25) is 0 Å². The molecule has 0 spiro atoms. The molecule has 0 aliphatic carbocycles. The molecule has 0 fully saturated rings. The van der Waals surface area contributed by atoms with Gasteiger partial charge in [-0.25, -0.2) is 0 Å². The number of nitrogens with one attached hydrogen (secondary N) is 1. The van der Waals surface area contributed by atoms with Crippen molar-refractivity contribution in [2.45, 2.75) is 6.61 Å². The number of hydrogen-bond donors (Lipinski definition) is 1. The van der Waals surface area contributed by atoms with Crippen LogP contribution in [0.25, 0.3) is 10.9 Å². The van der Waals surface area contributed by atoms with Crippen LogP contribution in [0.4, 0.5) is 0 Å². The maximum absolute atomic E-state index is 6.30. The van der Waals surface area contributed by atoms with E-state index >= 15 is 0 Å². The van der Waals surface area contributed by atoms with Crippen molar-refractivity contribution < 1.29 is 4.74 Å². The van der Waals surface area contributed by atoms with Gasteiger partial charge in [0.1, 0.15) is 12.4 Å². The van der Waals surface area contributed by atoms with Crippen molar-refractivity contribution in [3.05, 3.63) is 65.3 Å². The number of benzene rings is 2. The van der Waals surface area contributed by atoms with Crippen LogP contribution < -0.4 is 4.74 Å². The summed E-state index contributed by atoms with van der Waals surface area (Å²) < 4.78 is 5.75. The summed E-state index contributed by atoms with van der Waals surface area (Å²) >= 11 is 6.30. The number of halogens is 1. The summed E-state index contributed by atoms with van der Waals surface area (Å²) in [6, 6.07) is 15.9. The number of aromatic amines is 1. The first-order valence-electron chi connectivity index (χ1n) is 5.77. The zero-order valence-corrected chi connectivity index (χ0v) is 10.4. The van der Waals surface area contributed by atoms with Crippen LogP contribution in [0.2, 0.25) is 5.02 Å². The third-order valence-electron chi connectivity index (χ3n) is 2.87. The lowest BCUT2D eigenvalue weighted by Crippen LogP contribution is -1.95. The summed E-state index contributed by atoms with van der Waals surface area (Å²) in [5.74, 6) is 0.715. The first-order valence-corrected chi connectivity index (χ1v) is 6.15. The van der Waals surface area contributed by atoms with Crippen molar-refractivity contribution in [1.82, 2.24) is 4.98 Å². The average Bonchev–Trinajstić information content (AvgIpc) is 2.88. The van der Waals surface area contributed by atoms with Crippen molar-refractivity contribution >= 4 is 22.5 Å². The zero-order chi connectivity index (χ0) is 12.4. The van der Waals surface area contributed by atoms with E-state index in [1.807, 2.05) is 54.7 Å². The van der Waals surface area contributed by atoms with Crippen LogP contribution in [0.5, 0.6) is 5.75 Å².